The van der Waals surface area contributed by atoms with Crippen LogP contribution < -0.4 is 9.64 Å². The summed E-state index contributed by atoms with van der Waals surface area (Å²) in [5.41, 5.74) is -0.687. The quantitative estimate of drug-likeness (QED) is 0.223. The highest BCUT2D eigenvalue weighted by Gasteiger charge is 2.54. The fourth-order valence-electron chi connectivity index (χ4n) is 3.84. The Bertz CT molecular complexity index is 868. The average molecular weight is 546 g/mol. The summed E-state index contributed by atoms with van der Waals surface area (Å²) in [6.45, 7) is 7.30. The number of pyridine rings is 1. The molecular formula is C22H33BrN2O7Si. The minimum absolute atomic E-state index is 0.0111. The van der Waals surface area contributed by atoms with Gasteiger partial charge in [0.15, 0.2) is 0 Å². The molecule has 1 aromatic heterocycles. The zero-order valence-corrected chi connectivity index (χ0v) is 22.7. The van der Waals surface area contributed by atoms with E-state index in [1.807, 2.05) is 0 Å². The lowest BCUT2D eigenvalue weighted by Crippen LogP contribution is -2.42. The van der Waals surface area contributed by atoms with E-state index in [0.717, 1.165) is 6.04 Å². The second-order valence-electron chi connectivity index (χ2n) is 9.15. The second kappa shape index (κ2) is 11.4. The highest BCUT2D eigenvalue weighted by molar-refractivity contribution is 9.10. The number of hydrogen-bond acceptors (Lipinski definition) is 8. The number of nitrogens with zero attached hydrogens (tertiary/aromatic N) is 2. The molecule has 0 N–H and O–H groups in total. The topological polar surface area (TPSA) is 104 Å². The van der Waals surface area contributed by atoms with Gasteiger partial charge in [-0.25, -0.2) is 4.98 Å². The van der Waals surface area contributed by atoms with Gasteiger partial charge in [-0.3, -0.25) is 19.3 Å². The van der Waals surface area contributed by atoms with Crippen molar-refractivity contribution in [3.8, 4) is 5.75 Å². The van der Waals surface area contributed by atoms with Crippen LogP contribution in [-0.2, 0) is 34.0 Å². The molecule has 184 valence electrons. The first-order valence-electron chi connectivity index (χ1n) is 10.8. The van der Waals surface area contributed by atoms with Gasteiger partial charge >= 0.3 is 11.9 Å². The summed E-state index contributed by atoms with van der Waals surface area (Å²) in [6, 6.07) is 0.953. The van der Waals surface area contributed by atoms with E-state index < -0.39 is 25.4 Å². The molecule has 1 aliphatic heterocycles. The number of anilines is 1. The van der Waals surface area contributed by atoms with Crippen LogP contribution in [0, 0.1) is 0 Å². The molecule has 0 fully saturated rings. The number of rotatable bonds is 12. The van der Waals surface area contributed by atoms with Crippen LogP contribution in [0.4, 0.5) is 5.82 Å². The Balaban J connectivity index is 2.50. The van der Waals surface area contributed by atoms with E-state index in [2.05, 4.69) is 40.6 Å². The fraction of sp³-hybridized carbons (Fsp3) is 0.636. The van der Waals surface area contributed by atoms with Gasteiger partial charge in [0.2, 0.25) is 5.91 Å². The van der Waals surface area contributed by atoms with Gasteiger partial charge in [-0.15, -0.1) is 0 Å². The van der Waals surface area contributed by atoms with Crippen LogP contribution in [0.15, 0.2) is 10.7 Å². The molecule has 0 aromatic carbocycles. The fourth-order valence-corrected chi connectivity index (χ4v) is 5.06. The number of carbonyl (C=O) groups excluding carboxylic acids is 3. The Morgan fingerprint density at radius 1 is 1.09 bits per heavy atom. The summed E-state index contributed by atoms with van der Waals surface area (Å²) >= 11 is 3.45. The molecule has 0 aliphatic carbocycles. The van der Waals surface area contributed by atoms with Crippen molar-refractivity contribution in [3.05, 3.63) is 16.2 Å². The third-order valence-corrected chi connectivity index (χ3v) is 8.01. The number of halogens is 1. The van der Waals surface area contributed by atoms with Crippen LogP contribution in [0.2, 0.25) is 25.7 Å². The van der Waals surface area contributed by atoms with E-state index in [9.17, 15) is 14.4 Å². The number of amides is 1. The maximum Gasteiger partial charge on any atom is 0.305 e. The predicted molar refractivity (Wildman–Crippen MR) is 129 cm³/mol. The van der Waals surface area contributed by atoms with Crippen molar-refractivity contribution in [2.45, 2.75) is 56.8 Å². The summed E-state index contributed by atoms with van der Waals surface area (Å²) in [6.07, 6.45) is 1.80. The number of carbonyl (C=O) groups is 3. The van der Waals surface area contributed by atoms with Crippen LogP contribution in [0.25, 0.3) is 0 Å². The highest BCUT2D eigenvalue weighted by atomic mass is 79.9. The van der Waals surface area contributed by atoms with Crippen molar-refractivity contribution in [1.29, 1.82) is 0 Å². The second-order valence-corrected chi connectivity index (χ2v) is 15.6. The predicted octanol–water partition coefficient (Wildman–Crippen LogP) is 3.66. The first-order valence-corrected chi connectivity index (χ1v) is 15.3. The Labute approximate surface area is 204 Å². The van der Waals surface area contributed by atoms with Crippen LogP contribution in [0.1, 0.15) is 31.2 Å². The molecule has 0 atom stereocenters. The van der Waals surface area contributed by atoms with Gasteiger partial charge in [0.25, 0.3) is 0 Å². The van der Waals surface area contributed by atoms with Crippen molar-refractivity contribution in [3.63, 3.8) is 0 Å². The zero-order chi connectivity index (χ0) is 24.8. The van der Waals surface area contributed by atoms with Gasteiger partial charge in [-0.1, -0.05) is 19.6 Å². The van der Waals surface area contributed by atoms with E-state index >= 15 is 0 Å². The number of hydrogen-bond donors (Lipinski definition) is 0. The minimum Gasteiger partial charge on any atom is -0.495 e. The maximum atomic E-state index is 13.9. The van der Waals surface area contributed by atoms with E-state index in [4.69, 9.17) is 18.9 Å². The van der Waals surface area contributed by atoms with Crippen LogP contribution in [-0.4, -0.2) is 65.6 Å². The number of aromatic nitrogens is 1. The third kappa shape index (κ3) is 6.33. The number of ether oxygens (including phenoxy) is 4. The summed E-state index contributed by atoms with van der Waals surface area (Å²) in [4.78, 5) is 43.9. The molecule has 2 heterocycles. The Hall–Kier alpha value is -1.98. The summed E-state index contributed by atoms with van der Waals surface area (Å²) in [7, 11) is 2.79. The molecule has 1 aliphatic rings. The van der Waals surface area contributed by atoms with Gasteiger partial charge < -0.3 is 18.9 Å². The molecule has 0 bridgehead atoms. The number of methoxy groups -OCH3 is 3. The first-order chi connectivity index (χ1) is 15.5. The standard InChI is InChI=1S/C22H33BrN2O7Si/c1-29-16(26)7-9-22(10-8-17(27)30-2)18-19(31-3)15(23)13-24-20(18)25(21(22)28)14-32-11-12-33(4,5)6/h13H,7-12,14H2,1-6H3. The Morgan fingerprint density at radius 2 is 1.67 bits per heavy atom. The third-order valence-electron chi connectivity index (χ3n) is 5.74. The molecular weight excluding hydrogens is 512 g/mol. The molecule has 0 unspecified atom stereocenters. The molecule has 1 amide bonds. The molecule has 11 heteroatoms. The van der Waals surface area contributed by atoms with Crippen LogP contribution >= 0.6 is 15.9 Å². The van der Waals surface area contributed by atoms with Gasteiger partial charge in [-0.2, -0.15) is 0 Å². The van der Waals surface area contributed by atoms with Crippen molar-refractivity contribution < 1.29 is 33.3 Å². The molecule has 0 radical (unpaired) electrons. The number of esters is 2. The van der Waals surface area contributed by atoms with Crippen molar-refractivity contribution in [1.82, 2.24) is 4.98 Å². The van der Waals surface area contributed by atoms with Crippen molar-refractivity contribution in [2.24, 2.45) is 0 Å². The maximum absolute atomic E-state index is 13.9. The lowest BCUT2D eigenvalue weighted by atomic mass is 9.74. The van der Waals surface area contributed by atoms with Crippen molar-refractivity contribution in [2.75, 3.05) is 39.6 Å². The number of fused-ring (bicyclic) bond motifs is 1. The van der Waals surface area contributed by atoms with Gasteiger partial charge in [0, 0.05) is 33.7 Å². The van der Waals surface area contributed by atoms with Gasteiger partial charge in [0.05, 0.1) is 36.8 Å². The molecule has 33 heavy (non-hydrogen) atoms. The van der Waals surface area contributed by atoms with Crippen LogP contribution in [0.3, 0.4) is 0 Å². The lowest BCUT2D eigenvalue weighted by molar-refractivity contribution is -0.141. The normalized spacial score (nSPS) is 14.8. The monoisotopic (exact) mass is 544 g/mol. The van der Waals surface area contributed by atoms with Gasteiger partial charge in [0.1, 0.15) is 18.3 Å². The molecule has 2 rings (SSSR count). The Morgan fingerprint density at radius 3 is 2.15 bits per heavy atom. The highest BCUT2D eigenvalue weighted by Crippen LogP contribution is 2.52. The van der Waals surface area contributed by atoms with E-state index in [1.54, 1.807) is 6.20 Å². The lowest BCUT2D eigenvalue weighted by Gasteiger charge is -2.29. The smallest absolute Gasteiger partial charge is 0.305 e. The van der Waals surface area contributed by atoms with E-state index in [-0.39, 0.29) is 38.3 Å². The van der Waals surface area contributed by atoms with Crippen LogP contribution in [0.5, 0.6) is 5.75 Å². The zero-order valence-electron chi connectivity index (χ0n) is 20.2. The average Bonchev–Trinajstić information content (AvgIpc) is 3.00. The first kappa shape index (κ1) is 27.3. The summed E-state index contributed by atoms with van der Waals surface area (Å²) < 4.78 is 21.7. The van der Waals surface area contributed by atoms with Crippen molar-refractivity contribution >= 4 is 47.7 Å². The molecule has 0 saturated carbocycles. The molecule has 9 nitrogen and oxygen atoms in total. The Kier molecular flexibility index (Phi) is 9.45. The summed E-state index contributed by atoms with van der Waals surface area (Å²) in [5, 5.41) is 0. The van der Waals surface area contributed by atoms with Gasteiger partial charge in [-0.05, 0) is 34.8 Å². The largest absolute Gasteiger partial charge is 0.495 e. The van der Waals surface area contributed by atoms with E-state index in [1.165, 1.54) is 26.2 Å². The van der Waals surface area contributed by atoms with E-state index in [0.29, 0.717) is 28.2 Å². The summed E-state index contributed by atoms with van der Waals surface area (Å²) in [5.74, 6) is -0.347. The molecule has 0 spiro atoms. The minimum atomic E-state index is -1.31. The molecule has 1 aromatic rings. The SMILES string of the molecule is COC(=O)CCC1(CCC(=O)OC)C(=O)N(COCC[Si](C)(C)C)c2ncc(Br)c(OC)c21. The molecule has 0 saturated heterocycles.